The van der Waals surface area contributed by atoms with Crippen LogP contribution in [0.2, 0.25) is 0 Å². The van der Waals surface area contributed by atoms with Crippen molar-refractivity contribution < 1.29 is 29.4 Å². The molecular weight excluding hydrogens is 346 g/mol. The number of aldehydes is 1. The van der Waals surface area contributed by atoms with E-state index in [2.05, 4.69) is 5.32 Å². The third kappa shape index (κ3) is 9.60. The third-order valence-corrected chi connectivity index (χ3v) is 4.50. The number of aliphatic carboxylic acids is 1. The normalized spacial score (nSPS) is 14.6. The van der Waals surface area contributed by atoms with Gasteiger partial charge in [-0.25, -0.2) is 0 Å². The molecule has 0 radical (unpaired) electrons. The van der Waals surface area contributed by atoms with Crippen LogP contribution in [0.15, 0.2) is 0 Å². The molecule has 0 bridgehead atoms. The fourth-order valence-corrected chi connectivity index (χ4v) is 2.90. The van der Waals surface area contributed by atoms with Crippen LogP contribution in [0.3, 0.4) is 0 Å². The summed E-state index contributed by atoms with van der Waals surface area (Å²) in [5.41, 5.74) is 0. The van der Waals surface area contributed by atoms with Crippen molar-refractivity contribution in [3.05, 3.63) is 0 Å². The smallest absolute Gasteiger partial charge is 0.309 e. The number of hydrogen-bond donors (Lipinski definition) is 3. The van der Waals surface area contributed by atoms with Crippen LogP contribution in [0.4, 0.5) is 0 Å². The number of ketones is 1. The summed E-state index contributed by atoms with van der Waals surface area (Å²) >= 11 is 1.57. The van der Waals surface area contributed by atoms with Crippen LogP contribution in [-0.4, -0.2) is 58.8 Å². The Morgan fingerprint density at radius 1 is 1.20 bits per heavy atom. The molecule has 0 aromatic heterocycles. The molecule has 0 spiro atoms. The maximum absolute atomic E-state index is 12.4. The van der Waals surface area contributed by atoms with Crippen molar-refractivity contribution in [2.24, 2.45) is 17.8 Å². The fraction of sp³-hybridized carbons (Fsp3) is 0.765. The second-order valence-corrected chi connectivity index (χ2v) is 7.45. The fourth-order valence-electron chi connectivity index (χ4n) is 2.38. The Labute approximate surface area is 152 Å². The Kier molecular flexibility index (Phi) is 12.2. The number of carbonyl (C=O) groups excluding carboxylic acids is 3. The van der Waals surface area contributed by atoms with E-state index in [1.807, 2.05) is 20.1 Å². The molecule has 0 saturated heterocycles. The average Bonchev–Trinajstić information content (AvgIpc) is 2.54. The molecule has 3 atom stereocenters. The van der Waals surface area contributed by atoms with Gasteiger partial charge in [-0.3, -0.25) is 14.4 Å². The second kappa shape index (κ2) is 12.9. The topological polar surface area (TPSA) is 121 Å². The molecule has 0 rings (SSSR count). The number of hydrogen-bond acceptors (Lipinski definition) is 6. The summed E-state index contributed by atoms with van der Waals surface area (Å²) in [7, 11) is 0. The zero-order valence-electron chi connectivity index (χ0n) is 15.1. The molecule has 7 nitrogen and oxygen atoms in total. The lowest BCUT2D eigenvalue weighted by Gasteiger charge is -2.23. The molecule has 0 aliphatic carbocycles. The molecule has 1 amide bonds. The van der Waals surface area contributed by atoms with Crippen molar-refractivity contribution in [2.45, 2.75) is 45.6 Å². The summed E-state index contributed by atoms with van der Waals surface area (Å²) in [4.78, 5) is 46.6. The minimum absolute atomic E-state index is 0.0867. The molecule has 0 heterocycles. The average molecular weight is 375 g/mol. The second-order valence-electron chi connectivity index (χ2n) is 6.46. The lowest BCUT2D eigenvalue weighted by molar-refractivity contribution is -0.145. The van der Waals surface area contributed by atoms with Crippen LogP contribution in [0.1, 0.15) is 39.5 Å². The largest absolute Gasteiger partial charge is 0.481 e. The van der Waals surface area contributed by atoms with Crippen molar-refractivity contribution in [3.63, 3.8) is 0 Å². The van der Waals surface area contributed by atoms with Gasteiger partial charge in [0.2, 0.25) is 5.91 Å². The molecule has 8 heteroatoms. The molecule has 0 saturated carbocycles. The lowest BCUT2D eigenvalue weighted by atomic mass is 9.92. The van der Waals surface area contributed by atoms with E-state index < -0.39 is 36.2 Å². The van der Waals surface area contributed by atoms with Crippen LogP contribution >= 0.6 is 11.8 Å². The van der Waals surface area contributed by atoms with Crippen LogP contribution in [0.5, 0.6) is 0 Å². The highest BCUT2D eigenvalue weighted by atomic mass is 32.2. The Morgan fingerprint density at radius 3 is 2.28 bits per heavy atom. The van der Waals surface area contributed by atoms with Crippen molar-refractivity contribution in [2.75, 3.05) is 18.6 Å². The first kappa shape index (κ1) is 23.6. The number of carbonyl (C=O) groups is 4. The zero-order chi connectivity index (χ0) is 19.4. The third-order valence-electron chi connectivity index (χ3n) is 3.85. The van der Waals surface area contributed by atoms with Gasteiger partial charge in [0.05, 0.1) is 18.6 Å². The van der Waals surface area contributed by atoms with E-state index in [-0.39, 0.29) is 24.7 Å². The predicted octanol–water partition coefficient (Wildman–Crippen LogP) is 1.13. The number of thioether (sulfide) groups is 1. The maximum atomic E-state index is 12.4. The van der Waals surface area contributed by atoms with Gasteiger partial charge in [-0.05, 0) is 30.8 Å². The first-order chi connectivity index (χ1) is 11.8. The van der Waals surface area contributed by atoms with Crippen LogP contribution in [-0.2, 0) is 19.2 Å². The van der Waals surface area contributed by atoms with Gasteiger partial charge in [0.15, 0.2) is 5.78 Å². The molecule has 3 N–H and O–H groups in total. The van der Waals surface area contributed by atoms with E-state index in [1.54, 1.807) is 11.8 Å². The summed E-state index contributed by atoms with van der Waals surface area (Å²) in [5.74, 6) is -2.87. The van der Waals surface area contributed by atoms with Crippen molar-refractivity contribution in [1.29, 1.82) is 0 Å². The minimum Gasteiger partial charge on any atom is -0.481 e. The molecule has 0 aromatic rings. The van der Waals surface area contributed by atoms with Gasteiger partial charge in [-0.1, -0.05) is 13.8 Å². The number of nitrogens with one attached hydrogen (secondary N) is 1. The number of rotatable bonds is 14. The molecule has 0 fully saturated rings. The SMILES string of the molecule is CSCCC(CC=O)C(=O)NC(CC(C)C)C(=O)CC(CO)C(=O)O. The van der Waals surface area contributed by atoms with Crippen LogP contribution in [0, 0.1) is 17.8 Å². The Bertz CT molecular complexity index is 454. The maximum Gasteiger partial charge on any atom is 0.309 e. The first-order valence-electron chi connectivity index (χ1n) is 8.36. The number of Topliss-reactive ketones (excluding diaryl/α,β-unsaturated/α-hetero) is 1. The summed E-state index contributed by atoms with van der Waals surface area (Å²) in [6, 6.07) is -0.815. The predicted molar refractivity (Wildman–Crippen MR) is 96.4 cm³/mol. The molecule has 25 heavy (non-hydrogen) atoms. The van der Waals surface area contributed by atoms with Gasteiger partial charge < -0.3 is 20.3 Å². The zero-order valence-corrected chi connectivity index (χ0v) is 15.9. The first-order valence-corrected chi connectivity index (χ1v) is 9.75. The Hall–Kier alpha value is -1.41. The molecule has 0 aliphatic heterocycles. The minimum atomic E-state index is -1.25. The van der Waals surface area contributed by atoms with Gasteiger partial charge in [0, 0.05) is 18.8 Å². The summed E-state index contributed by atoms with van der Waals surface area (Å²) in [5, 5.41) is 20.7. The lowest BCUT2D eigenvalue weighted by Crippen LogP contribution is -2.45. The number of carboxylic acid groups (broad SMARTS) is 1. The van der Waals surface area contributed by atoms with E-state index in [1.165, 1.54) is 0 Å². The van der Waals surface area contributed by atoms with E-state index >= 15 is 0 Å². The summed E-state index contributed by atoms with van der Waals surface area (Å²) in [6.07, 6.45) is 3.25. The monoisotopic (exact) mass is 375 g/mol. The number of amides is 1. The van der Waals surface area contributed by atoms with Crippen molar-refractivity contribution >= 4 is 35.7 Å². The highest BCUT2D eigenvalue weighted by Gasteiger charge is 2.29. The van der Waals surface area contributed by atoms with Crippen LogP contribution in [0.25, 0.3) is 0 Å². The van der Waals surface area contributed by atoms with E-state index in [0.29, 0.717) is 19.1 Å². The van der Waals surface area contributed by atoms with Crippen molar-refractivity contribution in [3.8, 4) is 0 Å². The van der Waals surface area contributed by atoms with E-state index in [0.717, 1.165) is 5.75 Å². The summed E-state index contributed by atoms with van der Waals surface area (Å²) in [6.45, 7) is 3.15. The van der Waals surface area contributed by atoms with Crippen molar-refractivity contribution in [1.82, 2.24) is 5.32 Å². The van der Waals surface area contributed by atoms with Gasteiger partial charge in [0.25, 0.3) is 0 Å². The number of aliphatic hydroxyl groups is 1. The van der Waals surface area contributed by atoms with Gasteiger partial charge in [0.1, 0.15) is 6.29 Å². The quantitative estimate of drug-likeness (QED) is 0.389. The van der Waals surface area contributed by atoms with Gasteiger partial charge >= 0.3 is 5.97 Å². The Balaban J connectivity index is 5.05. The highest BCUT2D eigenvalue weighted by Crippen LogP contribution is 2.15. The van der Waals surface area contributed by atoms with E-state index in [4.69, 9.17) is 10.2 Å². The number of carboxylic acids is 1. The molecule has 144 valence electrons. The van der Waals surface area contributed by atoms with E-state index in [9.17, 15) is 19.2 Å². The summed E-state index contributed by atoms with van der Waals surface area (Å²) < 4.78 is 0. The standard InChI is InChI=1S/C17H29NO6S/c1-11(2)8-14(15(21)9-13(10-20)17(23)24)18-16(22)12(4-6-19)5-7-25-3/h6,11-14,20H,4-5,7-10H2,1-3H3,(H,18,22)(H,23,24). The Morgan fingerprint density at radius 2 is 1.84 bits per heavy atom. The molecular formula is C17H29NO6S. The molecule has 0 aromatic carbocycles. The van der Waals surface area contributed by atoms with Crippen LogP contribution < -0.4 is 5.32 Å². The van der Waals surface area contributed by atoms with Gasteiger partial charge in [-0.2, -0.15) is 11.8 Å². The molecule has 0 aliphatic rings. The van der Waals surface area contributed by atoms with Gasteiger partial charge in [-0.15, -0.1) is 0 Å². The highest BCUT2D eigenvalue weighted by molar-refractivity contribution is 7.98. The number of aliphatic hydroxyl groups excluding tert-OH is 1. The molecule has 3 unspecified atom stereocenters.